The third-order valence-electron chi connectivity index (χ3n) is 5.18. The lowest BCUT2D eigenvalue weighted by Crippen LogP contribution is -2.34. The molecule has 0 saturated carbocycles. The maximum Gasteiger partial charge on any atom is 0.354 e. The quantitative estimate of drug-likeness (QED) is 0.405. The van der Waals surface area contributed by atoms with E-state index < -0.39 is 29.6 Å². The van der Waals surface area contributed by atoms with Crippen molar-refractivity contribution in [2.24, 2.45) is 0 Å². The molecule has 0 saturated heterocycles. The van der Waals surface area contributed by atoms with Crippen LogP contribution in [0.5, 0.6) is 5.75 Å². The van der Waals surface area contributed by atoms with Gasteiger partial charge >= 0.3 is 5.97 Å². The number of aromatic nitrogens is 1. The Morgan fingerprint density at radius 2 is 1.82 bits per heavy atom. The number of carbonyl (C=O) groups is 2. The molecule has 3 aromatic rings. The zero-order chi connectivity index (χ0) is 24.8. The van der Waals surface area contributed by atoms with Crippen LogP contribution < -0.4 is 4.74 Å². The van der Waals surface area contributed by atoms with E-state index in [0.717, 1.165) is 12.1 Å². The van der Waals surface area contributed by atoms with Crippen molar-refractivity contribution >= 4 is 23.5 Å². The van der Waals surface area contributed by atoms with E-state index in [0.29, 0.717) is 41.0 Å². The van der Waals surface area contributed by atoms with Gasteiger partial charge in [0.25, 0.3) is 5.91 Å². The lowest BCUT2D eigenvalue weighted by molar-refractivity contribution is 0.0647. The zero-order valence-electron chi connectivity index (χ0n) is 18.6. The molecular formula is C25H23ClF2N2O4. The summed E-state index contributed by atoms with van der Waals surface area (Å²) in [5.74, 6) is -3.09. The molecule has 0 fully saturated rings. The van der Waals surface area contributed by atoms with Gasteiger partial charge in [-0.05, 0) is 48.7 Å². The van der Waals surface area contributed by atoms with Crippen LogP contribution in [-0.4, -0.2) is 33.5 Å². The van der Waals surface area contributed by atoms with Gasteiger partial charge in [0, 0.05) is 24.4 Å². The van der Waals surface area contributed by atoms with E-state index in [-0.39, 0.29) is 17.8 Å². The number of hydrogen-bond donors (Lipinski definition) is 1. The van der Waals surface area contributed by atoms with Gasteiger partial charge in [0.2, 0.25) is 0 Å². The van der Waals surface area contributed by atoms with Crippen molar-refractivity contribution in [2.75, 3.05) is 6.61 Å². The predicted molar refractivity (Wildman–Crippen MR) is 123 cm³/mol. The fraction of sp³-hybridized carbons (Fsp3) is 0.240. The molecule has 3 rings (SSSR count). The highest BCUT2D eigenvalue weighted by Crippen LogP contribution is 2.37. The number of carboxylic acids is 1. The minimum Gasteiger partial charge on any atom is -0.492 e. The summed E-state index contributed by atoms with van der Waals surface area (Å²) in [5.41, 5.74) is 0.831. The van der Waals surface area contributed by atoms with Gasteiger partial charge in [0.05, 0.1) is 17.7 Å². The summed E-state index contributed by atoms with van der Waals surface area (Å²) < 4.78 is 33.4. The summed E-state index contributed by atoms with van der Waals surface area (Å²) in [4.78, 5) is 30.0. The zero-order valence-corrected chi connectivity index (χ0v) is 19.4. The predicted octanol–water partition coefficient (Wildman–Crippen LogP) is 5.90. The molecule has 1 heterocycles. The number of pyridine rings is 1. The van der Waals surface area contributed by atoms with Crippen molar-refractivity contribution in [3.8, 4) is 5.75 Å². The van der Waals surface area contributed by atoms with E-state index in [2.05, 4.69) is 4.98 Å². The van der Waals surface area contributed by atoms with E-state index in [1.165, 1.54) is 23.2 Å². The molecule has 9 heteroatoms. The third kappa shape index (κ3) is 5.69. The Balaban J connectivity index is 2.08. The second kappa shape index (κ2) is 11.1. The molecule has 1 aromatic heterocycles. The molecule has 0 aliphatic heterocycles. The highest BCUT2D eigenvalue weighted by atomic mass is 35.5. The standard InChI is InChI=1S/C25H23ClF2N2O4/c1-3-21(19-6-5-7-22(23(19)26)34-4-2)30(14-15-8-9-20(25(32)33)29-13-15)24(31)16-10-17(27)12-18(28)11-16/h5-13,21H,3-4,14H2,1-2H3,(H,32,33)/t21-/m0/s1. The van der Waals surface area contributed by atoms with Gasteiger partial charge in [0.15, 0.2) is 0 Å². The lowest BCUT2D eigenvalue weighted by atomic mass is 10.00. The first-order valence-corrected chi connectivity index (χ1v) is 11.0. The Kier molecular flexibility index (Phi) is 8.17. The summed E-state index contributed by atoms with van der Waals surface area (Å²) in [6, 6.07) is 10.1. The molecule has 0 aliphatic carbocycles. The minimum atomic E-state index is -1.18. The van der Waals surface area contributed by atoms with Gasteiger partial charge in [-0.25, -0.2) is 18.6 Å². The largest absolute Gasteiger partial charge is 0.492 e. The van der Waals surface area contributed by atoms with Crippen LogP contribution in [0.25, 0.3) is 0 Å². The van der Waals surface area contributed by atoms with Crippen molar-refractivity contribution in [1.29, 1.82) is 0 Å². The van der Waals surface area contributed by atoms with Gasteiger partial charge < -0.3 is 14.7 Å². The summed E-state index contributed by atoms with van der Waals surface area (Å²) in [7, 11) is 0. The molecule has 0 aliphatic rings. The molecular weight excluding hydrogens is 466 g/mol. The summed E-state index contributed by atoms with van der Waals surface area (Å²) in [5, 5.41) is 9.43. The molecule has 0 radical (unpaired) electrons. The van der Waals surface area contributed by atoms with E-state index in [1.807, 2.05) is 13.8 Å². The number of nitrogens with zero attached hydrogens (tertiary/aromatic N) is 2. The number of carboxylic acid groups (broad SMARTS) is 1. The molecule has 34 heavy (non-hydrogen) atoms. The summed E-state index contributed by atoms with van der Waals surface area (Å²) in [6.07, 6.45) is 1.78. The number of carbonyl (C=O) groups excluding carboxylic acids is 1. The first-order chi connectivity index (χ1) is 16.2. The van der Waals surface area contributed by atoms with Gasteiger partial charge in [-0.1, -0.05) is 36.7 Å². The smallest absolute Gasteiger partial charge is 0.354 e. The highest BCUT2D eigenvalue weighted by molar-refractivity contribution is 6.32. The maximum atomic E-state index is 13.9. The fourth-order valence-corrected chi connectivity index (χ4v) is 3.97. The van der Waals surface area contributed by atoms with Crippen LogP contribution in [0.1, 0.15) is 58.3 Å². The van der Waals surface area contributed by atoms with Crippen molar-refractivity contribution in [3.63, 3.8) is 0 Å². The minimum absolute atomic E-state index is 0.00242. The van der Waals surface area contributed by atoms with Crippen LogP contribution in [0.4, 0.5) is 8.78 Å². The van der Waals surface area contributed by atoms with Gasteiger partial charge in [-0.3, -0.25) is 4.79 Å². The second-order valence-electron chi connectivity index (χ2n) is 7.46. The maximum absolute atomic E-state index is 13.9. The van der Waals surface area contributed by atoms with E-state index >= 15 is 0 Å². The Morgan fingerprint density at radius 1 is 1.12 bits per heavy atom. The third-order valence-corrected chi connectivity index (χ3v) is 5.59. The average molecular weight is 489 g/mol. The van der Waals surface area contributed by atoms with Crippen molar-refractivity contribution in [1.82, 2.24) is 9.88 Å². The number of rotatable bonds is 9. The van der Waals surface area contributed by atoms with Gasteiger partial charge in [0.1, 0.15) is 23.1 Å². The van der Waals surface area contributed by atoms with Crippen LogP contribution in [-0.2, 0) is 6.54 Å². The first-order valence-electron chi connectivity index (χ1n) is 10.6. The topological polar surface area (TPSA) is 79.7 Å². The molecule has 1 atom stereocenters. The molecule has 0 spiro atoms. The molecule has 0 bridgehead atoms. The van der Waals surface area contributed by atoms with Gasteiger partial charge in [-0.2, -0.15) is 0 Å². The van der Waals surface area contributed by atoms with E-state index in [9.17, 15) is 18.4 Å². The SMILES string of the molecule is CCOc1cccc([C@H](CC)N(Cc2ccc(C(=O)O)nc2)C(=O)c2cc(F)cc(F)c2)c1Cl. The van der Waals surface area contributed by atoms with Crippen LogP contribution in [0.3, 0.4) is 0 Å². The molecule has 2 aromatic carbocycles. The van der Waals surface area contributed by atoms with Crippen LogP contribution >= 0.6 is 11.6 Å². The number of benzene rings is 2. The normalized spacial score (nSPS) is 11.7. The number of hydrogen-bond acceptors (Lipinski definition) is 4. The van der Waals surface area contributed by atoms with Gasteiger partial charge in [-0.15, -0.1) is 0 Å². The lowest BCUT2D eigenvalue weighted by Gasteiger charge is -2.32. The summed E-state index contributed by atoms with van der Waals surface area (Å²) in [6.45, 7) is 4.07. The molecule has 0 unspecified atom stereocenters. The molecule has 6 nitrogen and oxygen atoms in total. The Bertz CT molecular complexity index is 1170. The number of ether oxygens (including phenoxy) is 1. The molecule has 1 amide bonds. The Labute approximate surface area is 200 Å². The molecule has 178 valence electrons. The van der Waals surface area contributed by atoms with Crippen molar-refractivity contribution in [3.05, 3.63) is 93.8 Å². The van der Waals surface area contributed by atoms with Crippen molar-refractivity contribution in [2.45, 2.75) is 32.9 Å². The van der Waals surface area contributed by atoms with E-state index in [4.69, 9.17) is 21.4 Å². The number of aromatic carboxylic acids is 1. The van der Waals surface area contributed by atoms with Crippen molar-refractivity contribution < 1.29 is 28.2 Å². The van der Waals surface area contributed by atoms with Crippen LogP contribution in [0.2, 0.25) is 5.02 Å². The second-order valence-corrected chi connectivity index (χ2v) is 7.84. The Hall–Kier alpha value is -3.52. The Morgan fingerprint density at radius 3 is 2.38 bits per heavy atom. The van der Waals surface area contributed by atoms with Crippen LogP contribution in [0.15, 0.2) is 54.7 Å². The fourth-order valence-electron chi connectivity index (χ4n) is 3.67. The average Bonchev–Trinajstić information content (AvgIpc) is 2.80. The summed E-state index contributed by atoms with van der Waals surface area (Å²) >= 11 is 6.60. The van der Waals surface area contributed by atoms with E-state index in [1.54, 1.807) is 18.2 Å². The number of halogens is 3. The highest BCUT2D eigenvalue weighted by Gasteiger charge is 2.28. The monoisotopic (exact) mass is 488 g/mol. The molecule has 1 N–H and O–H groups in total. The number of amides is 1. The van der Waals surface area contributed by atoms with Crippen LogP contribution in [0, 0.1) is 11.6 Å². The first kappa shape index (κ1) is 25.1.